The van der Waals surface area contributed by atoms with E-state index in [1.807, 2.05) is 6.92 Å². The summed E-state index contributed by atoms with van der Waals surface area (Å²) in [5.74, 6) is 0.237. The molecule has 2 heteroatoms. The largest absolute Gasteiger partial charge is 0.303 e. The summed E-state index contributed by atoms with van der Waals surface area (Å²) in [5.41, 5.74) is 2.18. The number of carbonyl (C=O) groups is 2. The molecule has 2 nitrogen and oxygen atoms in total. The highest BCUT2D eigenvalue weighted by molar-refractivity contribution is 5.97. The van der Waals surface area contributed by atoms with Crippen LogP contribution in [0.4, 0.5) is 0 Å². The molecule has 0 N–H and O–H groups in total. The van der Waals surface area contributed by atoms with E-state index < -0.39 is 0 Å². The zero-order valence-corrected chi connectivity index (χ0v) is 9.22. The molecule has 0 amide bonds. The van der Waals surface area contributed by atoms with Crippen molar-refractivity contribution in [3.05, 3.63) is 11.1 Å². The molecule has 0 bridgehead atoms. The summed E-state index contributed by atoms with van der Waals surface area (Å²) < 4.78 is 0. The molecule has 0 aromatic rings. The van der Waals surface area contributed by atoms with Gasteiger partial charge in [0.2, 0.25) is 0 Å². The van der Waals surface area contributed by atoms with Crippen LogP contribution in [-0.4, -0.2) is 12.1 Å². The third-order valence-electron chi connectivity index (χ3n) is 2.75. The number of hydrogen-bond acceptors (Lipinski definition) is 2. The Morgan fingerprint density at radius 2 is 2.00 bits per heavy atom. The molecule has 0 aromatic heterocycles. The number of ketones is 1. The van der Waals surface area contributed by atoms with Gasteiger partial charge in [0, 0.05) is 12.8 Å². The molecule has 0 aromatic carbocycles. The summed E-state index contributed by atoms with van der Waals surface area (Å²) in [5, 5.41) is 0. The van der Waals surface area contributed by atoms with Gasteiger partial charge in [-0.3, -0.25) is 4.79 Å². The van der Waals surface area contributed by atoms with E-state index in [0.29, 0.717) is 19.3 Å². The zero-order chi connectivity index (χ0) is 10.8. The maximum Gasteiger partial charge on any atom is 0.159 e. The Kier molecular flexibility index (Phi) is 3.25. The third-order valence-corrected chi connectivity index (χ3v) is 2.75. The number of allylic oxidation sites excluding steroid dienone is 2. The van der Waals surface area contributed by atoms with Gasteiger partial charge < -0.3 is 4.79 Å². The highest BCUT2D eigenvalue weighted by Crippen LogP contribution is 2.37. The topological polar surface area (TPSA) is 34.1 Å². The van der Waals surface area contributed by atoms with Crippen molar-refractivity contribution >= 4 is 12.1 Å². The molecule has 0 saturated heterocycles. The van der Waals surface area contributed by atoms with Crippen molar-refractivity contribution in [2.24, 2.45) is 5.41 Å². The predicted molar refractivity (Wildman–Crippen MR) is 56.0 cm³/mol. The van der Waals surface area contributed by atoms with Crippen LogP contribution >= 0.6 is 0 Å². The quantitative estimate of drug-likeness (QED) is 0.647. The standard InChI is InChI=1S/C12H18O2/c1-9-7-12(2,3)8-11(14)10(9)5-4-6-13/h6H,4-5,7-8H2,1-3H3. The summed E-state index contributed by atoms with van der Waals surface area (Å²) in [4.78, 5) is 22.0. The van der Waals surface area contributed by atoms with Gasteiger partial charge in [0.15, 0.2) is 5.78 Å². The van der Waals surface area contributed by atoms with Crippen LogP contribution in [0.25, 0.3) is 0 Å². The van der Waals surface area contributed by atoms with E-state index in [4.69, 9.17) is 0 Å². The molecule has 0 aliphatic heterocycles. The van der Waals surface area contributed by atoms with Crippen LogP contribution in [0, 0.1) is 5.41 Å². The molecule has 0 fully saturated rings. The molecular formula is C12H18O2. The van der Waals surface area contributed by atoms with Crippen LogP contribution in [0.3, 0.4) is 0 Å². The van der Waals surface area contributed by atoms with E-state index in [-0.39, 0.29) is 11.2 Å². The molecule has 1 rings (SSSR count). The van der Waals surface area contributed by atoms with Crippen LogP contribution < -0.4 is 0 Å². The van der Waals surface area contributed by atoms with Gasteiger partial charge in [-0.2, -0.15) is 0 Å². The Labute approximate surface area is 85.4 Å². The number of aldehydes is 1. The van der Waals surface area contributed by atoms with E-state index in [1.54, 1.807) is 0 Å². The van der Waals surface area contributed by atoms with Crippen LogP contribution in [0.1, 0.15) is 46.5 Å². The lowest BCUT2D eigenvalue weighted by Crippen LogP contribution is -2.25. The number of rotatable bonds is 3. The lowest BCUT2D eigenvalue weighted by atomic mass is 9.73. The minimum Gasteiger partial charge on any atom is -0.303 e. The second-order valence-corrected chi connectivity index (χ2v) is 4.91. The molecule has 0 heterocycles. The monoisotopic (exact) mass is 194 g/mol. The average Bonchev–Trinajstić information content (AvgIpc) is 2.00. The van der Waals surface area contributed by atoms with Crippen molar-refractivity contribution in [3.63, 3.8) is 0 Å². The molecule has 0 saturated carbocycles. The first kappa shape index (κ1) is 11.2. The Bertz CT molecular complexity index is 285. The normalized spacial score (nSPS) is 21.2. The average molecular weight is 194 g/mol. The van der Waals surface area contributed by atoms with Gasteiger partial charge in [-0.05, 0) is 30.8 Å². The number of Topliss-reactive ketones (excluding diaryl/α,β-unsaturated/α-hetero) is 1. The van der Waals surface area contributed by atoms with Crippen LogP contribution in [0.5, 0.6) is 0 Å². The van der Waals surface area contributed by atoms with Crippen molar-refractivity contribution in [3.8, 4) is 0 Å². The fourth-order valence-electron chi connectivity index (χ4n) is 2.22. The molecule has 0 spiro atoms. The summed E-state index contributed by atoms with van der Waals surface area (Å²) in [6.45, 7) is 6.24. The first-order valence-corrected chi connectivity index (χ1v) is 5.12. The molecule has 1 aliphatic rings. The molecule has 0 unspecified atom stereocenters. The summed E-state index contributed by atoms with van der Waals surface area (Å²) in [7, 11) is 0. The molecule has 0 radical (unpaired) electrons. The lowest BCUT2D eigenvalue weighted by molar-refractivity contribution is -0.118. The highest BCUT2D eigenvalue weighted by Gasteiger charge is 2.30. The minimum absolute atomic E-state index is 0.103. The first-order chi connectivity index (χ1) is 6.46. The van der Waals surface area contributed by atoms with Gasteiger partial charge in [-0.15, -0.1) is 0 Å². The van der Waals surface area contributed by atoms with Gasteiger partial charge in [-0.25, -0.2) is 0 Å². The predicted octanol–water partition coefficient (Wildman–Crippen LogP) is 2.67. The van der Waals surface area contributed by atoms with E-state index >= 15 is 0 Å². The second kappa shape index (κ2) is 4.07. The third kappa shape index (κ3) is 2.53. The minimum atomic E-state index is 0.103. The Morgan fingerprint density at radius 1 is 1.36 bits per heavy atom. The second-order valence-electron chi connectivity index (χ2n) is 4.91. The fourth-order valence-corrected chi connectivity index (χ4v) is 2.22. The van der Waals surface area contributed by atoms with Gasteiger partial charge in [0.05, 0.1) is 0 Å². The van der Waals surface area contributed by atoms with Crippen molar-refractivity contribution < 1.29 is 9.59 Å². The van der Waals surface area contributed by atoms with Crippen LogP contribution in [-0.2, 0) is 9.59 Å². The first-order valence-electron chi connectivity index (χ1n) is 5.12. The van der Waals surface area contributed by atoms with Gasteiger partial charge >= 0.3 is 0 Å². The van der Waals surface area contributed by atoms with Gasteiger partial charge in [-0.1, -0.05) is 19.4 Å². The van der Waals surface area contributed by atoms with Gasteiger partial charge in [0.25, 0.3) is 0 Å². The summed E-state index contributed by atoms with van der Waals surface area (Å²) in [6.07, 6.45) is 3.59. The van der Waals surface area contributed by atoms with Gasteiger partial charge in [0.1, 0.15) is 6.29 Å². The van der Waals surface area contributed by atoms with Crippen molar-refractivity contribution in [1.29, 1.82) is 0 Å². The summed E-state index contributed by atoms with van der Waals surface area (Å²) >= 11 is 0. The van der Waals surface area contributed by atoms with E-state index in [2.05, 4.69) is 13.8 Å². The number of carbonyl (C=O) groups excluding carboxylic acids is 2. The maximum atomic E-state index is 11.8. The molecular weight excluding hydrogens is 176 g/mol. The molecule has 14 heavy (non-hydrogen) atoms. The van der Waals surface area contributed by atoms with Crippen molar-refractivity contribution in [1.82, 2.24) is 0 Å². The van der Waals surface area contributed by atoms with Crippen molar-refractivity contribution in [2.45, 2.75) is 46.5 Å². The summed E-state index contributed by atoms with van der Waals surface area (Å²) in [6, 6.07) is 0. The zero-order valence-electron chi connectivity index (χ0n) is 9.22. The fraction of sp³-hybridized carbons (Fsp3) is 0.667. The van der Waals surface area contributed by atoms with Crippen LogP contribution in [0.15, 0.2) is 11.1 Å². The van der Waals surface area contributed by atoms with Crippen LogP contribution in [0.2, 0.25) is 0 Å². The van der Waals surface area contributed by atoms with Crippen molar-refractivity contribution in [2.75, 3.05) is 0 Å². The molecule has 1 aliphatic carbocycles. The Morgan fingerprint density at radius 3 is 2.50 bits per heavy atom. The van der Waals surface area contributed by atoms with E-state index in [9.17, 15) is 9.59 Å². The van der Waals surface area contributed by atoms with E-state index in [1.165, 1.54) is 5.57 Å². The Balaban J connectivity index is 2.82. The lowest BCUT2D eigenvalue weighted by Gasteiger charge is -2.30. The van der Waals surface area contributed by atoms with E-state index in [0.717, 1.165) is 18.3 Å². The maximum absolute atomic E-state index is 11.8. The number of hydrogen-bond donors (Lipinski definition) is 0. The molecule has 78 valence electrons. The SMILES string of the molecule is CC1=C(CCC=O)C(=O)CC(C)(C)C1. The Hall–Kier alpha value is -0.920. The molecule has 0 atom stereocenters. The smallest absolute Gasteiger partial charge is 0.159 e. The highest BCUT2D eigenvalue weighted by atomic mass is 16.1.